The van der Waals surface area contributed by atoms with E-state index >= 15 is 0 Å². The van der Waals surface area contributed by atoms with Crippen LogP contribution in [-0.4, -0.2) is 48.8 Å². The molecule has 1 N–H and O–H groups in total. The number of aromatic nitrogens is 2. The zero-order valence-electron chi connectivity index (χ0n) is 12.7. The summed E-state index contributed by atoms with van der Waals surface area (Å²) in [6.07, 6.45) is -5.21. The maximum atomic E-state index is 13.1. The van der Waals surface area contributed by atoms with E-state index in [0.717, 1.165) is 17.0 Å². The number of alkyl halides is 3. The highest BCUT2D eigenvalue weighted by Gasteiger charge is 2.62. The molecule has 0 saturated carbocycles. The van der Waals surface area contributed by atoms with Crippen molar-refractivity contribution < 1.29 is 28.0 Å². The standard InChI is InChI=1S/C12H14F3N5O4/c1-3-8(18-7(2)6-9(17-18)20(23)24)10(21)19-11(22,4-5-16-19)12(13,14)15/h5-6,8,22H,3-4H2,1-2H3/t8-,11+/m1/s1. The Hall–Kier alpha value is -2.50. The lowest BCUT2D eigenvalue weighted by molar-refractivity contribution is -0.389. The van der Waals surface area contributed by atoms with Crippen LogP contribution < -0.4 is 0 Å². The lowest BCUT2D eigenvalue weighted by Crippen LogP contribution is -2.57. The zero-order valence-corrected chi connectivity index (χ0v) is 12.7. The smallest absolute Gasteiger partial charge is 0.362 e. The van der Waals surface area contributed by atoms with Crippen LogP contribution in [0.15, 0.2) is 11.2 Å². The quantitative estimate of drug-likeness (QED) is 0.654. The van der Waals surface area contributed by atoms with Crippen LogP contribution in [0.3, 0.4) is 0 Å². The first-order chi connectivity index (χ1) is 11.0. The van der Waals surface area contributed by atoms with E-state index in [2.05, 4.69) is 10.2 Å². The van der Waals surface area contributed by atoms with Gasteiger partial charge >= 0.3 is 12.0 Å². The van der Waals surface area contributed by atoms with Crippen LogP contribution in [-0.2, 0) is 4.79 Å². The highest BCUT2D eigenvalue weighted by Crippen LogP contribution is 2.40. The van der Waals surface area contributed by atoms with Crippen LogP contribution in [0.1, 0.15) is 31.5 Å². The predicted octanol–water partition coefficient (Wildman–Crippen LogP) is 1.52. The largest absolute Gasteiger partial charge is 0.438 e. The molecule has 2 heterocycles. The molecule has 1 aromatic heterocycles. The van der Waals surface area contributed by atoms with Gasteiger partial charge in [0.15, 0.2) is 6.04 Å². The monoisotopic (exact) mass is 349 g/mol. The van der Waals surface area contributed by atoms with E-state index in [1.54, 1.807) is 0 Å². The molecule has 0 bridgehead atoms. The van der Waals surface area contributed by atoms with E-state index in [4.69, 9.17) is 0 Å². The van der Waals surface area contributed by atoms with Gasteiger partial charge in [-0.3, -0.25) is 4.79 Å². The number of hydrogen-bond donors (Lipinski definition) is 1. The average Bonchev–Trinajstić information content (AvgIpc) is 3.04. The third kappa shape index (κ3) is 2.72. The second kappa shape index (κ2) is 5.85. The van der Waals surface area contributed by atoms with E-state index in [1.165, 1.54) is 13.8 Å². The molecule has 0 spiro atoms. The summed E-state index contributed by atoms with van der Waals surface area (Å²) in [5.74, 6) is -1.69. The molecule has 12 heteroatoms. The zero-order chi connectivity index (χ0) is 18.3. The van der Waals surface area contributed by atoms with Gasteiger partial charge < -0.3 is 15.2 Å². The molecule has 132 valence electrons. The van der Waals surface area contributed by atoms with Gasteiger partial charge in [0.2, 0.25) is 0 Å². The van der Waals surface area contributed by atoms with Crippen molar-refractivity contribution in [2.24, 2.45) is 5.10 Å². The SMILES string of the molecule is CC[C@H](C(=O)N1N=CC[C@]1(O)C(F)(F)F)n1nc([N+](=O)[O-])cc1C. The molecule has 9 nitrogen and oxygen atoms in total. The van der Waals surface area contributed by atoms with Crippen molar-refractivity contribution in [1.29, 1.82) is 0 Å². The number of aryl methyl sites for hydroxylation is 1. The molecular weight excluding hydrogens is 335 g/mol. The normalized spacial score (nSPS) is 22.0. The van der Waals surface area contributed by atoms with Crippen LogP contribution in [0, 0.1) is 17.0 Å². The van der Waals surface area contributed by atoms with Crippen LogP contribution in [0.4, 0.5) is 19.0 Å². The van der Waals surface area contributed by atoms with E-state index in [1.807, 2.05) is 0 Å². The minimum atomic E-state index is -5.11. The van der Waals surface area contributed by atoms with Gasteiger partial charge in [-0.15, -0.1) is 0 Å². The van der Waals surface area contributed by atoms with Gasteiger partial charge in [-0.25, -0.2) is 0 Å². The fourth-order valence-corrected chi connectivity index (χ4v) is 2.38. The van der Waals surface area contributed by atoms with Crippen LogP contribution in [0.5, 0.6) is 0 Å². The number of hydrazone groups is 1. The average molecular weight is 349 g/mol. The Balaban J connectivity index is 2.39. The third-order valence-electron chi connectivity index (χ3n) is 3.65. The molecule has 1 aliphatic rings. The van der Waals surface area contributed by atoms with Crippen molar-refractivity contribution in [3.63, 3.8) is 0 Å². The first-order valence-corrected chi connectivity index (χ1v) is 6.89. The Morgan fingerprint density at radius 1 is 1.58 bits per heavy atom. The number of carbonyl (C=O) groups is 1. The molecule has 1 aliphatic heterocycles. The molecule has 0 saturated heterocycles. The highest BCUT2D eigenvalue weighted by molar-refractivity contribution is 5.83. The number of rotatable bonds is 4. The van der Waals surface area contributed by atoms with Gasteiger partial charge in [0, 0.05) is 12.6 Å². The number of carbonyl (C=O) groups excluding carboxylic acids is 1. The van der Waals surface area contributed by atoms with Gasteiger partial charge in [-0.1, -0.05) is 6.92 Å². The first kappa shape index (κ1) is 17.8. The number of nitrogens with zero attached hydrogens (tertiary/aromatic N) is 5. The molecule has 0 aromatic carbocycles. The molecule has 2 atom stereocenters. The first-order valence-electron chi connectivity index (χ1n) is 6.89. The summed E-state index contributed by atoms with van der Waals surface area (Å²) in [4.78, 5) is 22.5. The minimum absolute atomic E-state index is 0.00152. The fourth-order valence-electron chi connectivity index (χ4n) is 2.38. The van der Waals surface area contributed by atoms with E-state index < -0.39 is 41.0 Å². The number of nitro groups is 1. The van der Waals surface area contributed by atoms with Crippen molar-refractivity contribution in [3.8, 4) is 0 Å². The Bertz CT molecular complexity index is 701. The Morgan fingerprint density at radius 3 is 2.67 bits per heavy atom. The molecular formula is C12H14F3N5O4. The Kier molecular flexibility index (Phi) is 4.35. The molecule has 0 unspecified atom stereocenters. The summed E-state index contributed by atoms with van der Waals surface area (Å²) in [5, 5.41) is 27.5. The maximum absolute atomic E-state index is 13.1. The van der Waals surface area contributed by atoms with Crippen LogP contribution in [0.2, 0.25) is 0 Å². The van der Waals surface area contributed by atoms with E-state index in [9.17, 15) is 33.2 Å². The third-order valence-corrected chi connectivity index (χ3v) is 3.65. The van der Waals surface area contributed by atoms with E-state index in [-0.39, 0.29) is 17.1 Å². The van der Waals surface area contributed by atoms with Gasteiger partial charge in [-0.05, 0) is 18.3 Å². The molecule has 1 amide bonds. The fraction of sp³-hybridized carbons (Fsp3) is 0.583. The summed E-state index contributed by atoms with van der Waals surface area (Å²) < 4.78 is 40.2. The highest BCUT2D eigenvalue weighted by atomic mass is 19.4. The van der Waals surface area contributed by atoms with E-state index in [0.29, 0.717) is 0 Å². The summed E-state index contributed by atoms with van der Waals surface area (Å²) in [6.45, 7) is 2.93. The number of halogens is 3. The van der Waals surface area contributed by atoms with Crippen molar-refractivity contribution in [1.82, 2.24) is 14.8 Å². The molecule has 24 heavy (non-hydrogen) atoms. The summed E-state index contributed by atoms with van der Waals surface area (Å²) in [6, 6.07) is -0.179. The Labute approximate surface area is 133 Å². The molecule has 0 radical (unpaired) electrons. The number of aliphatic hydroxyl groups is 1. The van der Waals surface area contributed by atoms with Gasteiger partial charge in [0.05, 0.1) is 16.9 Å². The summed E-state index contributed by atoms with van der Waals surface area (Å²) in [7, 11) is 0. The lowest BCUT2D eigenvalue weighted by Gasteiger charge is -2.34. The van der Waals surface area contributed by atoms with Gasteiger partial charge in [0.1, 0.15) is 0 Å². The number of amides is 1. The summed E-state index contributed by atoms with van der Waals surface area (Å²) in [5.41, 5.74) is -3.22. The number of hydrogen-bond acceptors (Lipinski definition) is 6. The molecule has 1 aromatic rings. The molecule has 0 fully saturated rings. The maximum Gasteiger partial charge on any atom is 0.438 e. The minimum Gasteiger partial charge on any atom is -0.362 e. The van der Waals surface area contributed by atoms with Gasteiger partial charge in [0.25, 0.3) is 11.6 Å². The van der Waals surface area contributed by atoms with Crippen LogP contribution >= 0.6 is 0 Å². The van der Waals surface area contributed by atoms with Crippen LogP contribution in [0.25, 0.3) is 0 Å². The summed E-state index contributed by atoms with van der Waals surface area (Å²) >= 11 is 0. The van der Waals surface area contributed by atoms with Crippen molar-refractivity contribution in [3.05, 3.63) is 21.9 Å². The molecule has 2 rings (SSSR count). The van der Waals surface area contributed by atoms with Gasteiger partial charge in [-0.2, -0.15) is 28.0 Å². The van der Waals surface area contributed by atoms with Crippen molar-refractivity contribution in [2.45, 2.75) is 44.6 Å². The lowest BCUT2D eigenvalue weighted by atomic mass is 10.1. The topological polar surface area (TPSA) is 114 Å². The predicted molar refractivity (Wildman–Crippen MR) is 73.9 cm³/mol. The van der Waals surface area contributed by atoms with Crippen molar-refractivity contribution in [2.75, 3.05) is 0 Å². The van der Waals surface area contributed by atoms with Crippen molar-refractivity contribution >= 4 is 17.9 Å². The second-order valence-corrected chi connectivity index (χ2v) is 5.24. The Morgan fingerprint density at radius 2 is 2.21 bits per heavy atom. The second-order valence-electron chi connectivity index (χ2n) is 5.24. The molecule has 0 aliphatic carbocycles.